The van der Waals surface area contributed by atoms with Gasteiger partial charge in [-0.1, -0.05) is 11.8 Å². The van der Waals surface area contributed by atoms with Crippen LogP contribution >= 0.6 is 23.4 Å². The van der Waals surface area contributed by atoms with Gasteiger partial charge in [-0.25, -0.2) is 0 Å². The molecule has 3 fully saturated rings. The smallest absolute Gasteiger partial charge is 0.246 e. The third-order valence-electron chi connectivity index (χ3n) is 6.41. The Labute approximate surface area is 197 Å². The van der Waals surface area contributed by atoms with Crippen molar-refractivity contribution in [3.63, 3.8) is 0 Å². The third-order valence-corrected chi connectivity index (χ3v) is 7.60. The van der Waals surface area contributed by atoms with Crippen molar-refractivity contribution in [3.05, 3.63) is 0 Å². The normalized spacial score (nSPS) is 28.7. The molecule has 0 aliphatic carbocycles. The molecule has 4 amide bonds. The topological polar surface area (TPSA) is 107 Å². The van der Waals surface area contributed by atoms with E-state index in [0.29, 0.717) is 45.2 Å². The Morgan fingerprint density at radius 2 is 1.50 bits per heavy atom. The van der Waals surface area contributed by atoms with Gasteiger partial charge in [0, 0.05) is 38.9 Å². The second kappa shape index (κ2) is 10.4. The van der Waals surface area contributed by atoms with Crippen molar-refractivity contribution in [2.24, 2.45) is 0 Å². The maximum absolute atomic E-state index is 13.5. The Morgan fingerprint density at radius 3 is 2.06 bits per heavy atom. The number of carbonyl (C=O) groups excluding carboxylic acids is 5. The third kappa shape index (κ3) is 5.06. The quantitative estimate of drug-likeness (QED) is 0.570. The molecule has 0 aromatic heterocycles. The highest BCUT2D eigenvalue weighted by Crippen LogP contribution is 2.32. The van der Waals surface area contributed by atoms with Crippen molar-refractivity contribution in [1.82, 2.24) is 20.0 Å². The number of likely N-dealkylation sites (N-methyl/N-ethyl adjacent to an activating group) is 1. The van der Waals surface area contributed by atoms with Gasteiger partial charge in [0.1, 0.15) is 23.5 Å². The molecule has 3 heterocycles. The lowest BCUT2D eigenvalue weighted by molar-refractivity contribution is -0.150. The molecule has 0 saturated carbocycles. The predicted octanol–water partition coefficient (Wildman–Crippen LogP) is 0.591. The summed E-state index contributed by atoms with van der Waals surface area (Å²) in [5, 5.41) is 1.67. The zero-order valence-electron chi connectivity index (χ0n) is 18.7. The minimum Gasteiger partial charge on any atom is -0.357 e. The Morgan fingerprint density at radius 1 is 0.938 bits per heavy atom. The van der Waals surface area contributed by atoms with Gasteiger partial charge in [-0.15, -0.1) is 11.6 Å². The van der Waals surface area contributed by atoms with Crippen molar-refractivity contribution in [1.29, 1.82) is 0 Å². The summed E-state index contributed by atoms with van der Waals surface area (Å²) in [5.74, 6) is -1.04. The molecule has 3 aliphatic heterocycles. The number of rotatable bonds is 5. The highest BCUT2D eigenvalue weighted by molar-refractivity contribution is 8.14. The molecular weight excluding hydrogens is 456 g/mol. The van der Waals surface area contributed by atoms with Gasteiger partial charge >= 0.3 is 0 Å². The Hall–Kier alpha value is -1.81. The Balaban J connectivity index is 1.76. The van der Waals surface area contributed by atoms with E-state index in [1.165, 1.54) is 23.8 Å². The highest BCUT2D eigenvalue weighted by Gasteiger charge is 2.47. The molecule has 0 aromatic rings. The van der Waals surface area contributed by atoms with Crippen molar-refractivity contribution >= 4 is 52.1 Å². The molecule has 0 aromatic carbocycles. The fourth-order valence-corrected chi connectivity index (χ4v) is 6.07. The number of amides is 4. The number of likely N-dealkylation sites (tertiary alicyclic amines) is 3. The van der Waals surface area contributed by atoms with E-state index < -0.39 is 23.5 Å². The molecule has 0 spiro atoms. The van der Waals surface area contributed by atoms with Gasteiger partial charge in [-0.2, -0.15) is 0 Å². The first-order valence-corrected chi connectivity index (χ1v) is 12.4. The molecule has 0 radical (unpaired) electrons. The zero-order valence-corrected chi connectivity index (χ0v) is 20.3. The van der Waals surface area contributed by atoms with Crippen LogP contribution in [0.3, 0.4) is 0 Å². The van der Waals surface area contributed by atoms with E-state index in [0.717, 1.165) is 11.8 Å². The molecule has 3 aliphatic rings. The zero-order chi connectivity index (χ0) is 23.6. The fourth-order valence-electron chi connectivity index (χ4n) is 4.96. The van der Waals surface area contributed by atoms with E-state index in [4.69, 9.17) is 11.6 Å². The van der Waals surface area contributed by atoms with E-state index in [9.17, 15) is 24.0 Å². The molecule has 3 saturated heterocycles. The number of alkyl halides is 1. The predicted molar refractivity (Wildman–Crippen MR) is 121 cm³/mol. The van der Waals surface area contributed by atoms with E-state index in [2.05, 4.69) is 5.32 Å². The number of nitrogens with zero attached hydrogens (tertiary/aromatic N) is 3. The standard InChI is InChI=1S/C21H31ClN4O5S/c1-12(22)19(29)24-8-4-6-15(24)20(30)25-9-5-7-16(25)21(31)26-11-14(32-13(2)27)10-17(26)18(28)23-3/h12,14-17H,4-11H2,1-3H3,(H,23,28)/t12-,14-,15-,16-,17-/m0/s1. The maximum Gasteiger partial charge on any atom is 0.246 e. The lowest BCUT2D eigenvalue weighted by Gasteiger charge is -2.34. The largest absolute Gasteiger partial charge is 0.357 e. The number of carbonyl (C=O) groups is 5. The average Bonchev–Trinajstić information content (AvgIpc) is 3.50. The molecule has 178 valence electrons. The minimum atomic E-state index is -0.715. The summed E-state index contributed by atoms with van der Waals surface area (Å²) >= 11 is 7.11. The first-order valence-electron chi connectivity index (χ1n) is 11.1. The van der Waals surface area contributed by atoms with Gasteiger partial charge in [0.15, 0.2) is 5.12 Å². The van der Waals surface area contributed by atoms with Crippen molar-refractivity contribution < 1.29 is 24.0 Å². The van der Waals surface area contributed by atoms with E-state index in [-0.39, 0.29) is 40.5 Å². The van der Waals surface area contributed by atoms with Gasteiger partial charge in [0.25, 0.3) is 0 Å². The first-order chi connectivity index (χ1) is 15.1. The molecule has 1 N–H and O–H groups in total. The second-order valence-corrected chi connectivity index (χ2v) is 10.7. The van der Waals surface area contributed by atoms with Crippen molar-refractivity contribution in [3.8, 4) is 0 Å². The van der Waals surface area contributed by atoms with Gasteiger partial charge in [0.2, 0.25) is 23.6 Å². The minimum absolute atomic E-state index is 0.0582. The highest BCUT2D eigenvalue weighted by atomic mass is 35.5. The number of nitrogens with one attached hydrogen (secondary N) is 1. The number of thioether (sulfide) groups is 1. The molecule has 5 atom stereocenters. The van der Waals surface area contributed by atoms with Crippen LogP contribution in [0, 0.1) is 0 Å². The van der Waals surface area contributed by atoms with Crippen LogP contribution in [0.25, 0.3) is 0 Å². The van der Waals surface area contributed by atoms with Gasteiger partial charge in [-0.05, 0) is 39.0 Å². The van der Waals surface area contributed by atoms with Crippen LogP contribution in [0.1, 0.15) is 46.0 Å². The molecule has 9 nitrogen and oxygen atoms in total. The summed E-state index contributed by atoms with van der Waals surface area (Å²) in [4.78, 5) is 68.0. The fraction of sp³-hybridized carbons (Fsp3) is 0.762. The van der Waals surface area contributed by atoms with Gasteiger partial charge < -0.3 is 20.0 Å². The average molecular weight is 487 g/mol. The number of halogens is 1. The SMILES string of the molecule is CNC(=O)[C@@H]1C[C@H](SC(C)=O)CN1C(=O)[C@@H]1CCCN1C(=O)[C@@H]1CCCN1C(=O)[C@H](C)Cl. The molecule has 3 rings (SSSR count). The van der Waals surface area contributed by atoms with Gasteiger partial charge in [0.05, 0.1) is 0 Å². The summed E-state index contributed by atoms with van der Waals surface area (Å²) in [5.41, 5.74) is 0. The Kier molecular flexibility index (Phi) is 8.08. The molecule has 0 bridgehead atoms. The lowest BCUT2D eigenvalue weighted by atomic mass is 10.1. The van der Waals surface area contributed by atoms with Crippen LogP contribution in [0.2, 0.25) is 0 Å². The summed E-state index contributed by atoms with van der Waals surface area (Å²) in [6.45, 7) is 4.27. The van der Waals surface area contributed by atoms with E-state index >= 15 is 0 Å². The van der Waals surface area contributed by atoms with Crippen molar-refractivity contribution in [2.45, 2.75) is 74.7 Å². The molecule has 0 unspecified atom stereocenters. The van der Waals surface area contributed by atoms with Crippen LogP contribution in [0.5, 0.6) is 0 Å². The summed E-state index contributed by atoms with van der Waals surface area (Å²) < 4.78 is 0. The number of hydrogen-bond acceptors (Lipinski definition) is 6. The van der Waals surface area contributed by atoms with Crippen LogP contribution in [0.4, 0.5) is 0 Å². The number of hydrogen-bond donors (Lipinski definition) is 1. The van der Waals surface area contributed by atoms with Crippen LogP contribution in [-0.4, -0.2) is 98.9 Å². The van der Waals surface area contributed by atoms with Crippen LogP contribution < -0.4 is 5.32 Å². The second-order valence-electron chi connectivity index (χ2n) is 8.58. The van der Waals surface area contributed by atoms with E-state index in [1.807, 2.05) is 0 Å². The van der Waals surface area contributed by atoms with E-state index in [1.54, 1.807) is 11.8 Å². The van der Waals surface area contributed by atoms with Crippen LogP contribution in [0.15, 0.2) is 0 Å². The Bertz CT molecular complexity index is 794. The molecular formula is C21H31ClN4O5S. The molecule has 11 heteroatoms. The summed E-state index contributed by atoms with van der Waals surface area (Å²) in [6.07, 6.45) is 2.85. The summed E-state index contributed by atoms with van der Waals surface area (Å²) in [6, 6.07) is -1.93. The summed E-state index contributed by atoms with van der Waals surface area (Å²) in [7, 11) is 1.52. The van der Waals surface area contributed by atoms with Crippen molar-refractivity contribution in [2.75, 3.05) is 26.7 Å². The maximum atomic E-state index is 13.5. The first kappa shape index (κ1) is 24.8. The lowest BCUT2D eigenvalue weighted by Crippen LogP contribution is -2.56. The monoisotopic (exact) mass is 486 g/mol. The van der Waals surface area contributed by atoms with Gasteiger partial charge in [-0.3, -0.25) is 24.0 Å². The van der Waals surface area contributed by atoms with Crippen LogP contribution in [-0.2, 0) is 24.0 Å². The molecule has 32 heavy (non-hydrogen) atoms.